The van der Waals surface area contributed by atoms with Gasteiger partial charge in [-0.05, 0) is 6.92 Å². The number of carbonyl (C=O) groups excluding carboxylic acids is 1. The van der Waals surface area contributed by atoms with Crippen molar-refractivity contribution in [1.82, 2.24) is 14.7 Å². The molecule has 2 N–H and O–H groups in total. The fraction of sp³-hybridized carbons (Fsp3) is 0.636. The maximum Gasteiger partial charge on any atom is 0.233 e. The van der Waals surface area contributed by atoms with E-state index in [2.05, 4.69) is 5.10 Å². The lowest BCUT2D eigenvalue weighted by Gasteiger charge is -2.25. The third-order valence-electron chi connectivity index (χ3n) is 3.03. The first-order chi connectivity index (χ1) is 8.95. The summed E-state index contributed by atoms with van der Waals surface area (Å²) in [5.41, 5.74) is 1.56. The minimum Gasteiger partial charge on any atom is -0.394 e. The molecule has 2 atom stereocenters. The summed E-state index contributed by atoms with van der Waals surface area (Å²) in [6.07, 6.45) is -0.944. The lowest BCUT2D eigenvalue weighted by molar-refractivity contribution is -0.129. The van der Waals surface area contributed by atoms with Crippen molar-refractivity contribution in [3.8, 4) is 0 Å². The van der Waals surface area contributed by atoms with Crippen molar-refractivity contribution in [2.24, 2.45) is 7.05 Å². The van der Waals surface area contributed by atoms with Gasteiger partial charge in [-0.2, -0.15) is 5.10 Å². The van der Waals surface area contributed by atoms with Crippen molar-refractivity contribution in [1.29, 1.82) is 0 Å². The Balaban J connectivity index is 2.29. The molecule has 1 saturated heterocycles. The van der Waals surface area contributed by atoms with Gasteiger partial charge in [-0.3, -0.25) is 9.48 Å². The molecule has 1 fully saturated rings. The van der Waals surface area contributed by atoms with Crippen LogP contribution in [0.5, 0.6) is 0 Å². The predicted molar refractivity (Wildman–Crippen MR) is 73.0 cm³/mol. The maximum atomic E-state index is 11.9. The number of β-amino-alcohol motifs (C(OH)–C–C–N with tert-alkyl or cyclic N) is 1. The summed E-state index contributed by atoms with van der Waals surface area (Å²) in [4.78, 5) is 13.4. The molecule has 1 aromatic heterocycles. The van der Waals surface area contributed by atoms with Gasteiger partial charge in [0.25, 0.3) is 0 Å². The molecule has 1 aliphatic heterocycles. The summed E-state index contributed by atoms with van der Waals surface area (Å²) in [6.45, 7) is 1.56. The SMILES string of the molecule is Cc1nn(C)c(Cl)c1C1SCC(=O)N1CC(O)CO. The Bertz CT molecular complexity index is 494. The second-order valence-electron chi connectivity index (χ2n) is 4.46. The van der Waals surface area contributed by atoms with Gasteiger partial charge >= 0.3 is 0 Å². The van der Waals surface area contributed by atoms with Crippen LogP contribution in [0.4, 0.5) is 0 Å². The third-order valence-corrected chi connectivity index (χ3v) is 4.70. The summed E-state index contributed by atoms with van der Waals surface area (Å²) in [7, 11) is 1.74. The minimum atomic E-state index is -0.944. The fourth-order valence-corrected chi connectivity index (χ4v) is 3.74. The molecule has 0 saturated carbocycles. The third kappa shape index (κ3) is 2.74. The number of aromatic nitrogens is 2. The summed E-state index contributed by atoms with van der Waals surface area (Å²) in [5, 5.41) is 22.9. The standard InChI is InChI=1S/C11H16ClN3O3S/c1-6-9(10(12)14(2)13-6)11-15(3-7(17)4-16)8(18)5-19-11/h7,11,16-17H,3-5H2,1-2H3. The lowest BCUT2D eigenvalue weighted by Crippen LogP contribution is -2.37. The van der Waals surface area contributed by atoms with Crippen LogP contribution in [0.2, 0.25) is 5.15 Å². The van der Waals surface area contributed by atoms with Gasteiger partial charge < -0.3 is 15.1 Å². The number of nitrogens with zero attached hydrogens (tertiary/aromatic N) is 3. The zero-order valence-electron chi connectivity index (χ0n) is 10.7. The number of hydrogen-bond acceptors (Lipinski definition) is 5. The number of halogens is 1. The topological polar surface area (TPSA) is 78.6 Å². The molecule has 1 aromatic rings. The van der Waals surface area contributed by atoms with Crippen LogP contribution in [0.25, 0.3) is 0 Å². The van der Waals surface area contributed by atoms with E-state index in [4.69, 9.17) is 16.7 Å². The van der Waals surface area contributed by atoms with Crippen LogP contribution in [-0.2, 0) is 11.8 Å². The van der Waals surface area contributed by atoms with E-state index in [1.165, 1.54) is 11.8 Å². The average molecular weight is 306 g/mol. The molecule has 1 aliphatic rings. The number of aliphatic hydroxyl groups is 2. The van der Waals surface area contributed by atoms with Crippen LogP contribution in [0.15, 0.2) is 0 Å². The van der Waals surface area contributed by atoms with E-state index in [9.17, 15) is 9.90 Å². The fourth-order valence-electron chi connectivity index (χ4n) is 2.10. The van der Waals surface area contributed by atoms with Crippen LogP contribution in [0, 0.1) is 6.92 Å². The van der Waals surface area contributed by atoms with Gasteiger partial charge in [0.1, 0.15) is 10.5 Å². The highest BCUT2D eigenvalue weighted by molar-refractivity contribution is 8.00. The number of thioether (sulfide) groups is 1. The van der Waals surface area contributed by atoms with E-state index >= 15 is 0 Å². The zero-order chi connectivity index (χ0) is 14.2. The maximum absolute atomic E-state index is 11.9. The Hall–Kier alpha value is -0.760. The lowest BCUT2D eigenvalue weighted by atomic mass is 10.2. The Morgan fingerprint density at radius 3 is 2.84 bits per heavy atom. The van der Waals surface area contributed by atoms with E-state index in [-0.39, 0.29) is 24.4 Å². The second kappa shape index (κ2) is 5.70. The average Bonchev–Trinajstić information content (AvgIpc) is 2.82. The van der Waals surface area contributed by atoms with Gasteiger partial charge in [0.15, 0.2) is 0 Å². The summed E-state index contributed by atoms with van der Waals surface area (Å²) >= 11 is 7.67. The van der Waals surface area contributed by atoms with Crippen LogP contribution < -0.4 is 0 Å². The molecule has 2 heterocycles. The van der Waals surface area contributed by atoms with Crippen molar-refractivity contribution < 1.29 is 15.0 Å². The molecule has 0 spiro atoms. The number of aryl methyl sites for hydroxylation is 2. The number of rotatable bonds is 4. The molecule has 6 nitrogen and oxygen atoms in total. The number of aliphatic hydroxyl groups excluding tert-OH is 2. The Morgan fingerprint density at radius 2 is 2.32 bits per heavy atom. The first kappa shape index (κ1) is 14.6. The molecule has 0 radical (unpaired) electrons. The molecular formula is C11H16ClN3O3S. The van der Waals surface area contributed by atoms with E-state index in [0.717, 1.165) is 11.3 Å². The molecule has 106 valence electrons. The van der Waals surface area contributed by atoms with Gasteiger partial charge in [0, 0.05) is 12.6 Å². The monoisotopic (exact) mass is 305 g/mol. The first-order valence-electron chi connectivity index (χ1n) is 5.84. The van der Waals surface area contributed by atoms with Crippen molar-refractivity contribution in [3.05, 3.63) is 16.4 Å². The van der Waals surface area contributed by atoms with Gasteiger partial charge in [0.05, 0.1) is 30.7 Å². The molecule has 8 heteroatoms. The highest BCUT2D eigenvalue weighted by Crippen LogP contribution is 2.42. The Morgan fingerprint density at radius 1 is 1.63 bits per heavy atom. The molecule has 19 heavy (non-hydrogen) atoms. The largest absolute Gasteiger partial charge is 0.394 e. The van der Waals surface area contributed by atoms with Crippen LogP contribution >= 0.6 is 23.4 Å². The van der Waals surface area contributed by atoms with Crippen molar-refractivity contribution in [3.63, 3.8) is 0 Å². The highest BCUT2D eigenvalue weighted by atomic mass is 35.5. The van der Waals surface area contributed by atoms with Crippen molar-refractivity contribution in [2.45, 2.75) is 18.4 Å². The Labute approximate surface area is 120 Å². The van der Waals surface area contributed by atoms with Gasteiger partial charge in [0.2, 0.25) is 5.91 Å². The number of hydrogen-bond donors (Lipinski definition) is 2. The summed E-state index contributed by atoms with van der Waals surface area (Å²) in [5.74, 6) is 0.273. The van der Waals surface area contributed by atoms with Crippen molar-refractivity contribution in [2.75, 3.05) is 18.9 Å². The quantitative estimate of drug-likeness (QED) is 0.837. The number of amides is 1. The van der Waals surface area contributed by atoms with E-state index in [0.29, 0.717) is 10.9 Å². The molecule has 2 unspecified atom stereocenters. The van der Waals surface area contributed by atoms with E-state index < -0.39 is 6.10 Å². The number of carbonyl (C=O) groups is 1. The van der Waals surface area contributed by atoms with Gasteiger partial charge in [-0.15, -0.1) is 11.8 Å². The molecule has 0 bridgehead atoms. The Kier molecular flexibility index (Phi) is 4.39. The molecule has 2 rings (SSSR count). The van der Waals surface area contributed by atoms with Crippen LogP contribution in [0.3, 0.4) is 0 Å². The van der Waals surface area contributed by atoms with Gasteiger partial charge in [-0.25, -0.2) is 0 Å². The molecule has 0 aromatic carbocycles. The molecule has 0 aliphatic carbocycles. The zero-order valence-corrected chi connectivity index (χ0v) is 12.3. The van der Waals surface area contributed by atoms with E-state index in [1.807, 2.05) is 6.92 Å². The van der Waals surface area contributed by atoms with Crippen LogP contribution in [0.1, 0.15) is 16.6 Å². The normalized spacial score (nSPS) is 21.2. The second-order valence-corrected chi connectivity index (χ2v) is 5.89. The molecule has 1 amide bonds. The van der Waals surface area contributed by atoms with E-state index in [1.54, 1.807) is 16.6 Å². The summed E-state index contributed by atoms with van der Waals surface area (Å²) in [6, 6.07) is 0. The highest BCUT2D eigenvalue weighted by Gasteiger charge is 2.37. The van der Waals surface area contributed by atoms with Crippen molar-refractivity contribution >= 4 is 29.3 Å². The smallest absolute Gasteiger partial charge is 0.233 e. The van der Waals surface area contributed by atoms with Crippen LogP contribution in [-0.4, -0.2) is 55.8 Å². The minimum absolute atomic E-state index is 0.0678. The molecular weight excluding hydrogens is 290 g/mol. The predicted octanol–water partition coefficient (Wildman–Crippen LogP) is 0.309. The van der Waals surface area contributed by atoms with Gasteiger partial charge in [-0.1, -0.05) is 11.6 Å². The first-order valence-corrected chi connectivity index (χ1v) is 7.27. The summed E-state index contributed by atoms with van der Waals surface area (Å²) < 4.78 is 1.57.